The van der Waals surface area contributed by atoms with Crippen LogP contribution in [0.1, 0.15) is 31.7 Å². The Balaban J connectivity index is 1.70. The number of carbonyl (C=O) groups is 2. The lowest BCUT2D eigenvalue weighted by Gasteiger charge is -2.22. The fraction of sp³-hybridized carbons (Fsp3) is 0.500. The van der Waals surface area contributed by atoms with Crippen LogP contribution in [0.3, 0.4) is 0 Å². The van der Waals surface area contributed by atoms with E-state index in [0.717, 1.165) is 55.7 Å². The summed E-state index contributed by atoms with van der Waals surface area (Å²) in [7, 11) is 0. The standard InChI is InChI=1S/C16H21N3O2/c1-11(20)19-9-7-12-10-13(5-6-15(12)19)18-16(21)14-4-2-3-8-17-14/h5-6,10,14,17H,2-4,7-9H2,1H3,(H,18,21). The quantitative estimate of drug-likeness (QED) is 0.870. The van der Waals surface area contributed by atoms with Crippen LogP contribution >= 0.6 is 0 Å². The van der Waals surface area contributed by atoms with Crippen molar-refractivity contribution in [3.05, 3.63) is 23.8 Å². The minimum atomic E-state index is -0.0827. The van der Waals surface area contributed by atoms with Gasteiger partial charge in [0, 0.05) is 24.8 Å². The van der Waals surface area contributed by atoms with Gasteiger partial charge in [0.05, 0.1) is 6.04 Å². The summed E-state index contributed by atoms with van der Waals surface area (Å²) in [5.74, 6) is 0.105. The van der Waals surface area contributed by atoms with Crippen molar-refractivity contribution >= 4 is 23.2 Å². The number of fused-ring (bicyclic) bond motifs is 1. The highest BCUT2D eigenvalue weighted by atomic mass is 16.2. The third kappa shape index (κ3) is 2.93. The monoisotopic (exact) mass is 287 g/mol. The lowest BCUT2D eigenvalue weighted by atomic mass is 10.0. The zero-order chi connectivity index (χ0) is 14.8. The molecule has 0 aromatic heterocycles. The van der Waals surface area contributed by atoms with Crippen molar-refractivity contribution in [1.29, 1.82) is 0 Å². The van der Waals surface area contributed by atoms with Crippen molar-refractivity contribution in [3.63, 3.8) is 0 Å². The van der Waals surface area contributed by atoms with E-state index in [9.17, 15) is 9.59 Å². The first-order chi connectivity index (χ1) is 10.1. The van der Waals surface area contributed by atoms with Gasteiger partial charge in [-0.3, -0.25) is 9.59 Å². The number of benzene rings is 1. The number of hydrogen-bond donors (Lipinski definition) is 2. The number of nitrogens with zero attached hydrogens (tertiary/aromatic N) is 1. The molecule has 2 amide bonds. The Labute approximate surface area is 124 Å². The number of carbonyl (C=O) groups excluding carboxylic acids is 2. The van der Waals surface area contributed by atoms with Crippen LogP contribution in [0.2, 0.25) is 0 Å². The van der Waals surface area contributed by atoms with E-state index in [0.29, 0.717) is 0 Å². The Hall–Kier alpha value is -1.88. The molecule has 1 aromatic carbocycles. The normalized spacial score (nSPS) is 21.0. The largest absolute Gasteiger partial charge is 0.325 e. The molecular weight excluding hydrogens is 266 g/mol. The Morgan fingerprint density at radius 1 is 1.33 bits per heavy atom. The molecule has 1 saturated heterocycles. The predicted molar refractivity (Wildman–Crippen MR) is 82.4 cm³/mol. The van der Waals surface area contributed by atoms with Gasteiger partial charge in [0.15, 0.2) is 0 Å². The molecule has 1 aromatic rings. The van der Waals surface area contributed by atoms with Crippen molar-refractivity contribution in [2.24, 2.45) is 0 Å². The van der Waals surface area contributed by atoms with Crippen LogP contribution in [0.25, 0.3) is 0 Å². The fourth-order valence-electron chi connectivity index (χ4n) is 3.11. The summed E-state index contributed by atoms with van der Waals surface area (Å²) < 4.78 is 0. The molecule has 21 heavy (non-hydrogen) atoms. The van der Waals surface area contributed by atoms with E-state index >= 15 is 0 Å². The van der Waals surface area contributed by atoms with Crippen LogP contribution < -0.4 is 15.5 Å². The molecule has 2 heterocycles. The summed E-state index contributed by atoms with van der Waals surface area (Å²) in [5, 5.41) is 6.23. The minimum Gasteiger partial charge on any atom is -0.325 e. The lowest BCUT2D eigenvalue weighted by Crippen LogP contribution is -2.43. The summed E-state index contributed by atoms with van der Waals surface area (Å²) >= 11 is 0. The first-order valence-electron chi connectivity index (χ1n) is 7.60. The van der Waals surface area contributed by atoms with Gasteiger partial charge in [-0.05, 0) is 49.6 Å². The first-order valence-corrected chi connectivity index (χ1v) is 7.60. The maximum absolute atomic E-state index is 12.2. The molecule has 0 aliphatic carbocycles. The second-order valence-corrected chi connectivity index (χ2v) is 5.76. The van der Waals surface area contributed by atoms with Gasteiger partial charge < -0.3 is 15.5 Å². The topological polar surface area (TPSA) is 61.4 Å². The van der Waals surface area contributed by atoms with Crippen LogP contribution in [-0.2, 0) is 16.0 Å². The van der Waals surface area contributed by atoms with E-state index in [1.165, 1.54) is 0 Å². The highest BCUT2D eigenvalue weighted by Crippen LogP contribution is 2.30. The molecule has 0 saturated carbocycles. The molecule has 2 aliphatic heterocycles. The summed E-state index contributed by atoms with van der Waals surface area (Å²) in [4.78, 5) is 25.5. The molecule has 1 unspecified atom stereocenters. The molecule has 0 bridgehead atoms. The first kappa shape index (κ1) is 14.1. The summed E-state index contributed by atoms with van der Waals surface area (Å²) in [6, 6.07) is 5.70. The molecule has 2 N–H and O–H groups in total. The van der Waals surface area contributed by atoms with Gasteiger partial charge in [-0.1, -0.05) is 6.42 Å². The number of piperidine rings is 1. The second kappa shape index (κ2) is 5.85. The molecule has 5 heteroatoms. The number of rotatable bonds is 2. The maximum atomic E-state index is 12.2. The van der Waals surface area contributed by atoms with Gasteiger partial charge in [0.2, 0.25) is 11.8 Å². The number of anilines is 2. The number of nitrogens with one attached hydrogen (secondary N) is 2. The Kier molecular flexibility index (Phi) is 3.92. The van der Waals surface area contributed by atoms with Crippen molar-refractivity contribution in [2.75, 3.05) is 23.3 Å². The van der Waals surface area contributed by atoms with Crippen LogP contribution in [0.5, 0.6) is 0 Å². The molecule has 1 atom stereocenters. The molecule has 2 aliphatic rings. The van der Waals surface area contributed by atoms with Gasteiger partial charge in [0.1, 0.15) is 0 Å². The molecule has 3 rings (SSSR count). The highest BCUT2D eigenvalue weighted by molar-refractivity contribution is 5.97. The summed E-state index contributed by atoms with van der Waals surface area (Å²) in [6.45, 7) is 3.22. The number of hydrogen-bond acceptors (Lipinski definition) is 3. The molecule has 1 fully saturated rings. The number of amides is 2. The van der Waals surface area contributed by atoms with Crippen LogP contribution in [0, 0.1) is 0 Å². The second-order valence-electron chi connectivity index (χ2n) is 5.76. The Bertz CT molecular complexity index is 565. The smallest absolute Gasteiger partial charge is 0.241 e. The minimum absolute atomic E-state index is 0.0380. The summed E-state index contributed by atoms with van der Waals surface area (Å²) in [5.41, 5.74) is 2.91. The van der Waals surface area contributed by atoms with E-state index in [2.05, 4.69) is 10.6 Å². The summed E-state index contributed by atoms with van der Waals surface area (Å²) in [6.07, 6.45) is 3.99. The average Bonchev–Trinajstić information content (AvgIpc) is 2.91. The molecular formula is C16H21N3O2. The third-order valence-electron chi connectivity index (χ3n) is 4.25. The molecule has 0 radical (unpaired) electrons. The van der Waals surface area contributed by atoms with E-state index < -0.39 is 0 Å². The highest BCUT2D eigenvalue weighted by Gasteiger charge is 2.24. The van der Waals surface area contributed by atoms with Crippen molar-refractivity contribution in [2.45, 2.75) is 38.6 Å². The lowest BCUT2D eigenvalue weighted by molar-refractivity contribution is -0.118. The molecule has 5 nitrogen and oxygen atoms in total. The van der Waals surface area contributed by atoms with Gasteiger partial charge in [-0.2, -0.15) is 0 Å². The van der Waals surface area contributed by atoms with Gasteiger partial charge in [-0.25, -0.2) is 0 Å². The van der Waals surface area contributed by atoms with E-state index in [1.54, 1.807) is 11.8 Å². The van der Waals surface area contributed by atoms with Crippen molar-refractivity contribution < 1.29 is 9.59 Å². The van der Waals surface area contributed by atoms with E-state index in [1.807, 2.05) is 18.2 Å². The Morgan fingerprint density at radius 3 is 2.90 bits per heavy atom. The third-order valence-corrected chi connectivity index (χ3v) is 4.25. The van der Waals surface area contributed by atoms with E-state index in [-0.39, 0.29) is 17.9 Å². The van der Waals surface area contributed by atoms with Crippen LogP contribution in [-0.4, -0.2) is 30.9 Å². The van der Waals surface area contributed by atoms with Gasteiger partial charge in [0.25, 0.3) is 0 Å². The van der Waals surface area contributed by atoms with Crippen molar-refractivity contribution in [1.82, 2.24) is 5.32 Å². The average molecular weight is 287 g/mol. The predicted octanol–water partition coefficient (Wildman–Crippen LogP) is 1.68. The molecule has 112 valence electrons. The molecule has 0 spiro atoms. The van der Waals surface area contributed by atoms with Gasteiger partial charge >= 0.3 is 0 Å². The van der Waals surface area contributed by atoms with E-state index in [4.69, 9.17) is 0 Å². The van der Waals surface area contributed by atoms with Gasteiger partial charge in [-0.15, -0.1) is 0 Å². The SMILES string of the molecule is CC(=O)N1CCc2cc(NC(=O)C3CCCCN3)ccc21. The maximum Gasteiger partial charge on any atom is 0.241 e. The van der Waals surface area contributed by atoms with Crippen LogP contribution in [0.4, 0.5) is 11.4 Å². The zero-order valence-electron chi connectivity index (χ0n) is 12.3. The zero-order valence-corrected chi connectivity index (χ0v) is 12.3. The van der Waals surface area contributed by atoms with Crippen molar-refractivity contribution in [3.8, 4) is 0 Å². The Morgan fingerprint density at radius 2 is 2.19 bits per heavy atom. The van der Waals surface area contributed by atoms with Crippen LogP contribution in [0.15, 0.2) is 18.2 Å². The fourth-order valence-corrected chi connectivity index (χ4v) is 3.11.